The average molecular weight is 290 g/mol. The zero-order valence-electron chi connectivity index (χ0n) is 10.4. The molecule has 0 spiro atoms. The summed E-state index contributed by atoms with van der Waals surface area (Å²) in [6, 6.07) is 5.12. The first kappa shape index (κ1) is 15.3. The molecule has 5 heteroatoms. The maximum absolute atomic E-state index is 11.6. The van der Waals surface area contributed by atoms with Gasteiger partial charge in [-0.25, -0.2) is 0 Å². The minimum Gasteiger partial charge on any atom is -0.392 e. The lowest BCUT2D eigenvalue weighted by Crippen LogP contribution is -2.29. The number of carbonyl (C=O) groups excluding carboxylic acids is 1. The van der Waals surface area contributed by atoms with Crippen LogP contribution in [0.15, 0.2) is 18.2 Å². The molecule has 0 aliphatic carbocycles. The number of aliphatic hydroxyl groups is 1. The summed E-state index contributed by atoms with van der Waals surface area (Å²) >= 11 is 11.8. The van der Waals surface area contributed by atoms with Crippen molar-refractivity contribution in [1.29, 1.82) is 0 Å². The van der Waals surface area contributed by atoms with Crippen molar-refractivity contribution in [3.8, 4) is 0 Å². The van der Waals surface area contributed by atoms with E-state index in [0.717, 1.165) is 5.56 Å². The molecule has 0 aliphatic heterocycles. The number of hydrogen-bond donors (Lipinski definition) is 2. The highest BCUT2D eigenvalue weighted by Gasteiger charge is 2.14. The van der Waals surface area contributed by atoms with Gasteiger partial charge in [-0.15, -0.1) is 0 Å². The fraction of sp³-hybridized carbons (Fsp3) is 0.462. The van der Waals surface area contributed by atoms with Gasteiger partial charge in [-0.3, -0.25) is 4.79 Å². The van der Waals surface area contributed by atoms with Gasteiger partial charge in [0.2, 0.25) is 5.91 Å². The second-order valence-electron chi connectivity index (χ2n) is 4.53. The minimum absolute atomic E-state index is 0.0647. The summed E-state index contributed by atoms with van der Waals surface area (Å²) in [6.45, 7) is 4.07. The Morgan fingerprint density at radius 2 is 2.06 bits per heavy atom. The molecule has 1 aromatic rings. The molecular formula is C13H17Cl2NO2. The first-order chi connectivity index (χ1) is 8.40. The number of rotatable bonds is 5. The summed E-state index contributed by atoms with van der Waals surface area (Å²) in [7, 11) is 0. The maximum Gasteiger partial charge on any atom is 0.222 e. The third-order valence-electron chi connectivity index (χ3n) is 2.66. The van der Waals surface area contributed by atoms with Crippen molar-refractivity contribution in [1.82, 2.24) is 5.32 Å². The molecule has 1 atom stereocenters. The predicted octanol–water partition coefficient (Wildman–Crippen LogP) is 3.02. The molecule has 0 bridgehead atoms. The first-order valence-corrected chi connectivity index (χ1v) is 6.54. The lowest BCUT2D eigenvalue weighted by Gasteiger charge is -2.14. The summed E-state index contributed by atoms with van der Waals surface area (Å²) in [5.74, 6) is -0.128. The smallest absolute Gasteiger partial charge is 0.222 e. The number of halogens is 2. The fourth-order valence-corrected chi connectivity index (χ4v) is 1.83. The molecule has 0 aliphatic rings. The van der Waals surface area contributed by atoms with Gasteiger partial charge in [-0.2, -0.15) is 0 Å². The van der Waals surface area contributed by atoms with E-state index in [0.29, 0.717) is 16.6 Å². The van der Waals surface area contributed by atoms with Crippen LogP contribution in [0.3, 0.4) is 0 Å². The molecule has 0 heterocycles. The quantitative estimate of drug-likeness (QED) is 0.875. The van der Waals surface area contributed by atoms with E-state index < -0.39 is 6.10 Å². The molecule has 0 saturated heterocycles. The van der Waals surface area contributed by atoms with E-state index in [1.165, 1.54) is 0 Å². The van der Waals surface area contributed by atoms with E-state index in [9.17, 15) is 9.90 Å². The van der Waals surface area contributed by atoms with Crippen LogP contribution in [0.1, 0.15) is 25.8 Å². The van der Waals surface area contributed by atoms with Crippen LogP contribution in [0, 0.1) is 5.92 Å². The molecule has 0 aromatic heterocycles. The van der Waals surface area contributed by atoms with Crippen molar-refractivity contribution in [2.45, 2.75) is 32.9 Å². The molecule has 1 unspecified atom stereocenters. The Morgan fingerprint density at radius 3 is 2.61 bits per heavy atom. The number of benzene rings is 1. The van der Waals surface area contributed by atoms with Crippen molar-refractivity contribution in [2.75, 3.05) is 0 Å². The highest BCUT2D eigenvalue weighted by Crippen LogP contribution is 2.20. The Hall–Kier alpha value is -0.770. The molecule has 1 amide bonds. The van der Waals surface area contributed by atoms with Gasteiger partial charge in [0.15, 0.2) is 0 Å². The van der Waals surface area contributed by atoms with E-state index in [2.05, 4.69) is 5.32 Å². The summed E-state index contributed by atoms with van der Waals surface area (Å²) in [5, 5.41) is 13.4. The molecule has 3 nitrogen and oxygen atoms in total. The van der Waals surface area contributed by atoms with E-state index in [1.54, 1.807) is 18.2 Å². The van der Waals surface area contributed by atoms with Crippen LogP contribution in [0.2, 0.25) is 10.0 Å². The lowest BCUT2D eigenvalue weighted by atomic mass is 10.0. The first-order valence-electron chi connectivity index (χ1n) is 5.79. The van der Waals surface area contributed by atoms with Gasteiger partial charge in [0.25, 0.3) is 0 Å². The average Bonchev–Trinajstić information content (AvgIpc) is 2.27. The van der Waals surface area contributed by atoms with E-state index in [-0.39, 0.29) is 18.2 Å². The van der Waals surface area contributed by atoms with Crippen LogP contribution in [-0.4, -0.2) is 17.1 Å². The Balaban J connectivity index is 2.47. The van der Waals surface area contributed by atoms with E-state index in [1.807, 2.05) is 13.8 Å². The molecule has 0 fully saturated rings. The molecule has 1 aromatic carbocycles. The zero-order valence-corrected chi connectivity index (χ0v) is 11.9. The molecule has 1 rings (SSSR count). The monoisotopic (exact) mass is 289 g/mol. The molecular weight excluding hydrogens is 273 g/mol. The summed E-state index contributed by atoms with van der Waals surface area (Å²) < 4.78 is 0. The Bertz CT molecular complexity index is 421. The van der Waals surface area contributed by atoms with Gasteiger partial charge in [-0.1, -0.05) is 43.1 Å². The highest BCUT2D eigenvalue weighted by atomic mass is 35.5. The normalized spacial score (nSPS) is 12.6. The summed E-state index contributed by atoms with van der Waals surface area (Å²) in [6.07, 6.45) is -0.520. The summed E-state index contributed by atoms with van der Waals surface area (Å²) in [4.78, 5) is 11.6. The Morgan fingerprint density at radius 1 is 1.39 bits per heavy atom. The van der Waals surface area contributed by atoms with Crippen LogP contribution in [-0.2, 0) is 11.3 Å². The largest absolute Gasteiger partial charge is 0.392 e. The predicted molar refractivity (Wildman–Crippen MR) is 73.8 cm³/mol. The second-order valence-corrected chi connectivity index (χ2v) is 5.37. The van der Waals surface area contributed by atoms with Crippen molar-refractivity contribution < 1.29 is 9.90 Å². The third kappa shape index (κ3) is 4.84. The Labute approximate surface area is 117 Å². The number of amides is 1. The lowest BCUT2D eigenvalue weighted by molar-refractivity contribution is -0.123. The van der Waals surface area contributed by atoms with Crippen LogP contribution >= 0.6 is 23.2 Å². The van der Waals surface area contributed by atoms with Crippen LogP contribution in [0.5, 0.6) is 0 Å². The number of carbonyl (C=O) groups is 1. The van der Waals surface area contributed by atoms with Gasteiger partial charge in [0.1, 0.15) is 0 Å². The van der Waals surface area contributed by atoms with Crippen LogP contribution < -0.4 is 5.32 Å². The molecule has 100 valence electrons. The fourth-order valence-electron chi connectivity index (χ4n) is 1.36. The standard InChI is InChI=1S/C13H17Cl2NO2/c1-8(2)12(17)6-13(18)16-7-9-3-4-10(14)5-11(9)15/h3-5,8,12,17H,6-7H2,1-2H3,(H,16,18). The molecule has 2 N–H and O–H groups in total. The molecule has 18 heavy (non-hydrogen) atoms. The number of nitrogens with one attached hydrogen (secondary N) is 1. The van der Waals surface area contributed by atoms with Gasteiger partial charge < -0.3 is 10.4 Å². The number of aliphatic hydroxyl groups excluding tert-OH is 1. The third-order valence-corrected chi connectivity index (χ3v) is 3.24. The summed E-state index contributed by atoms with van der Waals surface area (Å²) in [5.41, 5.74) is 0.799. The maximum atomic E-state index is 11.6. The SMILES string of the molecule is CC(C)C(O)CC(=O)NCc1ccc(Cl)cc1Cl. The van der Waals surface area contributed by atoms with Gasteiger partial charge in [0, 0.05) is 16.6 Å². The van der Waals surface area contributed by atoms with Crippen molar-refractivity contribution >= 4 is 29.1 Å². The highest BCUT2D eigenvalue weighted by molar-refractivity contribution is 6.35. The van der Waals surface area contributed by atoms with Crippen LogP contribution in [0.4, 0.5) is 0 Å². The minimum atomic E-state index is -0.620. The Kier molecular flexibility index (Phi) is 5.93. The van der Waals surface area contributed by atoms with Crippen molar-refractivity contribution in [3.63, 3.8) is 0 Å². The van der Waals surface area contributed by atoms with Gasteiger partial charge in [-0.05, 0) is 23.6 Å². The van der Waals surface area contributed by atoms with E-state index >= 15 is 0 Å². The molecule has 0 saturated carbocycles. The van der Waals surface area contributed by atoms with Crippen molar-refractivity contribution in [3.05, 3.63) is 33.8 Å². The topological polar surface area (TPSA) is 49.3 Å². The van der Waals surface area contributed by atoms with Gasteiger partial charge in [0.05, 0.1) is 12.5 Å². The second kappa shape index (κ2) is 6.98. The van der Waals surface area contributed by atoms with Gasteiger partial charge >= 0.3 is 0 Å². The zero-order chi connectivity index (χ0) is 13.7. The van der Waals surface area contributed by atoms with E-state index in [4.69, 9.17) is 23.2 Å². The number of hydrogen-bond acceptors (Lipinski definition) is 2. The van der Waals surface area contributed by atoms with Crippen molar-refractivity contribution in [2.24, 2.45) is 5.92 Å². The van der Waals surface area contributed by atoms with Crippen LogP contribution in [0.25, 0.3) is 0 Å². The molecule has 0 radical (unpaired) electrons.